The van der Waals surface area contributed by atoms with E-state index in [-0.39, 0.29) is 27.7 Å². The molecule has 1 aromatic carbocycles. The maximum Gasteiger partial charge on any atom is 0.426 e. The fourth-order valence-electron chi connectivity index (χ4n) is 2.83. The predicted octanol–water partition coefficient (Wildman–Crippen LogP) is 5.02. The van der Waals surface area contributed by atoms with Gasteiger partial charge in [-0.05, 0) is 38.1 Å². The predicted molar refractivity (Wildman–Crippen MR) is 82.0 cm³/mol. The summed E-state index contributed by atoms with van der Waals surface area (Å²) in [6.07, 6.45) is -3.91. The highest BCUT2D eigenvalue weighted by Crippen LogP contribution is 2.55. The molecule has 1 atom stereocenters. The Morgan fingerprint density at radius 2 is 1.96 bits per heavy atom. The van der Waals surface area contributed by atoms with Crippen molar-refractivity contribution in [1.29, 1.82) is 0 Å². The van der Waals surface area contributed by atoms with E-state index in [2.05, 4.69) is 10.3 Å². The van der Waals surface area contributed by atoms with Crippen LogP contribution in [0, 0.1) is 0 Å². The summed E-state index contributed by atoms with van der Waals surface area (Å²) in [5.74, 6) is 0.125. The van der Waals surface area contributed by atoms with Gasteiger partial charge < -0.3 is 10.1 Å². The zero-order chi connectivity index (χ0) is 16.8. The van der Waals surface area contributed by atoms with Crippen molar-refractivity contribution in [3.05, 3.63) is 52.7 Å². The summed E-state index contributed by atoms with van der Waals surface area (Å²) < 4.78 is 48.2. The van der Waals surface area contributed by atoms with Crippen LogP contribution in [0.5, 0.6) is 0 Å². The van der Waals surface area contributed by atoms with Gasteiger partial charge in [0.05, 0.1) is 6.10 Å². The quantitative estimate of drug-likeness (QED) is 0.831. The van der Waals surface area contributed by atoms with Gasteiger partial charge in [0.2, 0.25) is 5.60 Å². The fraction of sp³-hybridized carbons (Fsp3) is 0.312. The lowest BCUT2D eigenvalue weighted by Gasteiger charge is -2.42. The lowest BCUT2D eigenvalue weighted by molar-refractivity contribution is -0.276. The molecule has 0 radical (unpaired) electrons. The molecule has 0 aliphatic carbocycles. The summed E-state index contributed by atoms with van der Waals surface area (Å²) in [5.41, 5.74) is -2.47. The Hall–Kier alpha value is -1.79. The smallest absolute Gasteiger partial charge is 0.354 e. The average Bonchev–Trinajstić information content (AvgIpc) is 2.46. The zero-order valence-electron chi connectivity index (χ0n) is 12.4. The summed E-state index contributed by atoms with van der Waals surface area (Å²) in [4.78, 5) is 4.03. The first-order valence-corrected chi connectivity index (χ1v) is 7.40. The number of aromatic nitrogens is 1. The lowest BCUT2D eigenvalue weighted by Crippen LogP contribution is -2.49. The molecule has 1 unspecified atom stereocenters. The summed E-state index contributed by atoms with van der Waals surface area (Å²) >= 11 is 5.95. The van der Waals surface area contributed by atoms with E-state index in [4.69, 9.17) is 16.3 Å². The molecule has 1 aliphatic rings. The maximum atomic E-state index is 14.2. The van der Waals surface area contributed by atoms with Gasteiger partial charge >= 0.3 is 6.18 Å². The van der Waals surface area contributed by atoms with E-state index >= 15 is 0 Å². The standard InChI is InChI=1S/C16H14ClF3N2O/c1-9(2)23-15(16(18,19)20)11-4-3-7-21-14(11)22-13-6-5-10(17)8-12(13)15/h3-9H,1-2H3,(H,21,22). The van der Waals surface area contributed by atoms with Crippen LogP contribution in [0.3, 0.4) is 0 Å². The Bertz CT molecular complexity index is 748. The van der Waals surface area contributed by atoms with Crippen LogP contribution in [-0.4, -0.2) is 17.3 Å². The first-order valence-electron chi connectivity index (χ1n) is 7.03. The van der Waals surface area contributed by atoms with Gasteiger partial charge in [-0.3, -0.25) is 0 Å². The van der Waals surface area contributed by atoms with Crippen molar-refractivity contribution >= 4 is 23.1 Å². The largest absolute Gasteiger partial charge is 0.426 e. The molecule has 1 N–H and O–H groups in total. The van der Waals surface area contributed by atoms with Gasteiger partial charge in [-0.25, -0.2) is 4.98 Å². The zero-order valence-corrected chi connectivity index (χ0v) is 13.2. The van der Waals surface area contributed by atoms with Crippen molar-refractivity contribution in [2.45, 2.75) is 31.7 Å². The second-order valence-corrected chi connectivity index (χ2v) is 6.00. The molecule has 3 nitrogen and oxygen atoms in total. The monoisotopic (exact) mass is 342 g/mol. The first kappa shape index (κ1) is 16.1. The molecule has 23 heavy (non-hydrogen) atoms. The molecule has 1 aromatic heterocycles. The van der Waals surface area contributed by atoms with Crippen molar-refractivity contribution < 1.29 is 17.9 Å². The van der Waals surface area contributed by atoms with Gasteiger partial charge in [0.25, 0.3) is 0 Å². The van der Waals surface area contributed by atoms with E-state index < -0.39 is 17.9 Å². The molecule has 7 heteroatoms. The lowest BCUT2D eigenvalue weighted by atomic mass is 9.81. The second-order valence-electron chi connectivity index (χ2n) is 5.56. The molecular weight excluding hydrogens is 329 g/mol. The van der Waals surface area contributed by atoms with Gasteiger partial charge in [-0.2, -0.15) is 13.2 Å². The minimum absolute atomic E-state index is 0.0632. The molecule has 0 amide bonds. The number of benzene rings is 1. The van der Waals surface area contributed by atoms with E-state index in [1.54, 1.807) is 13.8 Å². The van der Waals surface area contributed by atoms with Crippen LogP contribution in [0.15, 0.2) is 36.5 Å². The number of halogens is 4. The van der Waals surface area contributed by atoms with E-state index in [0.29, 0.717) is 0 Å². The van der Waals surface area contributed by atoms with Crippen molar-refractivity contribution in [3.63, 3.8) is 0 Å². The molecule has 0 saturated heterocycles. The van der Waals surface area contributed by atoms with Crippen LogP contribution in [0.4, 0.5) is 24.7 Å². The molecule has 0 saturated carbocycles. The van der Waals surface area contributed by atoms with Crippen molar-refractivity contribution in [3.8, 4) is 0 Å². The normalized spacial score (nSPS) is 20.0. The Labute approximate surface area is 136 Å². The Kier molecular flexibility index (Phi) is 3.77. The summed E-state index contributed by atoms with van der Waals surface area (Å²) in [5, 5.41) is 3.13. The van der Waals surface area contributed by atoms with Crippen LogP contribution >= 0.6 is 11.6 Å². The number of anilines is 2. The Balaban J connectivity index is 2.38. The second kappa shape index (κ2) is 5.39. The van der Waals surface area contributed by atoms with Gasteiger partial charge in [-0.15, -0.1) is 0 Å². The molecule has 0 fully saturated rings. The van der Waals surface area contributed by atoms with Crippen molar-refractivity contribution in [1.82, 2.24) is 4.98 Å². The highest BCUT2D eigenvalue weighted by molar-refractivity contribution is 6.30. The Morgan fingerprint density at radius 1 is 1.22 bits per heavy atom. The number of ether oxygens (including phenoxy) is 1. The third-order valence-corrected chi connectivity index (χ3v) is 3.85. The topological polar surface area (TPSA) is 34.1 Å². The summed E-state index contributed by atoms with van der Waals surface area (Å²) in [6.45, 7) is 3.13. The number of hydrogen-bond donors (Lipinski definition) is 1. The highest BCUT2D eigenvalue weighted by Gasteiger charge is 2.62. The van der Waals surface area contributed by atoms with Gasteiger partial charge in [-0.1, -0.05) is 17.7 Å². The highest BCUT2D eigenvalue weighted by atomic mass is 35.5. The number of hydrogen-bond acceptors (Lipinski definition) is 3. The molecule has 2 heterocycles. The summed E-state index contributed by atoms with van der Waals surface area (Å²) in [7, 11) is 0. The average molecular weight is 343 g/mol. The number of nitrogens with one attached hydrogen (secondary N) is 1. The number of fused-ring (bicyclic) bond motifs is 2. The number of alkyl halides is 3. The molecule has 0 spiro atoms. The molecule has 122 valence electrons. The third-order valence-electron chi connectivity index (χ3n) is 3.61. The Morgan fingerprint density at radius 3 is 2.61 bits per heavy atom. The van der Waals surface area contributed by atoms with Gasteiger partial charge in [0.15, 0.2) is 0 Å². The van der Waals surface area contributed by atoms with E-state index in [1.165, 1.54) is 36.5 Å². The minimum Gasteiger partial charge on any atom is -0.354 e. The molecule has 0 bridgehead atoms. The van der Waals surface area contributed by atoms with Crippen LogP contribution in [0.25, 0.3) is 0 Å². The van der Waals surface area contributed by atoms with Crippen LogP contribution in [0.1, 0.15) is 25.0 Å². The van der Waals surface area contributed by atoms with E-state index in [0.717, 1.165) is 0 Å². The molecule has 2 aromatic rings. The van der Waals surface area contributed by atoms with E-state index in [9.17, 15) is 13.2 Å². The molecule has 1 aliphatic heterocycles. The van der Waals surface area contributed by atoms with Crippen LogP contribution in [-0.2, 0) is 10.3 Å². The fourth-order valence-corrected chi connectivity index (χ4v) is 3.00. The van der Waals surface area contributed by atoms with Gasteiger partial charge in [0, 0.05) is 28.0 Å². The number of nitrogens with zero attached hydrogens (tertiary/aromatic N) is 1. The number of rotatable bonds is 2. The molecular formula is C16H14ClF3N2O. The van der Waals surface area contributed by atoms with Crippen molar-refractivity contribution in [2.75, 3.05) is 5.32 Å². The van der Waals surface area contributed by atoms with Crippen LogP contribution in [0.2, 0.25) is 5.02 Å². The maximum absolute atomic E-state index is 14.2. The van der Waals surface area contributed by atoms with E-state index in [1.807, 2.05) is 0 Å². The van der Waals surface area contributed by atoms with Crippen molar-refractivity contribution in [2.24, 2.45) is 0 Å². The van der Waals surface area contributed by atoms with Gasteiger partial charge in [0.1, 0.15) is 5.82 Å². The first-order chi connectivity index (χ1) is 10.8. The summed E-state index contributed by atoms with van der Waals surface area (Å²) in [6, 6.07) is 7.14. The third kappa shape index (κ3) is 2.46. The SMILES string of the molecule is CC(C)OC1(C(F)(F)F)c2cc(Cl)ccc2Nc2ncccc21. The number of pyridine rings is 1. The van der Waals surface area contributed by atoms with Crippen LogP contribution < -0.4 is 5.32 Å². The minimum atomic E-state index is -4.68. The molecule has 3 rings (SSSR count).